The van der Waals surface area contributed by atoms with Gasteiger partial charge in [0.15, 0.2) is 23.1 Å². The number of carbonyl (C=O) groups excluding carboxylic acids is 1. The van der Waals surface area contributed by atoms with E-state index in [2.05, 4.69) is 20.3 Å². The monoisotopic (exact) mass is 503 g/mol. The second kappa shape index (κ2) is 8.08. The minimum absolute atomic E-state index is 0.0465. The van der Waals surface area contributed by atoms with Crippen LogP contribution in [0.3, 0.4) is 0 Å². The molecule has 0 spiro atoms. The van der Waals surface area contributed by atoms with E-state index in [-0.39, 0.29) is 21.1 Å². The highest BCUT2D eigenvalue weighted by atomic mass is 35.5. The summed E-state index contributed by atoms with van der Waals surface area (Å²) in [5.41, 5.74) is 1.18. The van der Waals surface area contributed by atoms with Crippen molar-refractivity contribution in [2.24, 2.45) is 5.73 Å². The third-order valence-corrected chi connectivity index (χ3v) is 4.98. The number of carbonyl (C=O) groups is 1. The van der Waals surface area contributed by atoms with Crippen molar-refractivity contribution in [1.82, 2.24) is 29.8 Å². The summed E-state index contributed by atoms with van der Waals surface area (Å²) in [4.78, 5) is 17.1. The van der Waals surface area contributed by atoms with Gasteiger partial charge in [-0.15, -0.1) is 4.80 Å². The number of hydrogen-bond donors (Lipinski definition) is 1. The first-order valence-corrected chi connectivity index (χ1v) is 9.42. The highest BCUT2D eigenvalue weighted by molar-refractivity contribution is 6.33. The Kier molecular flexibility index (Phi) is 5.54. The van der Waals surface area contributed by atoms with Gasteiger partial charge >= 0.3 is 6.18 Å². The molecule has 0 aliphatic carbocycles. The highest BCUT2D eigenvalue weighted by Crippen LogP contribution is 2.40. The third kappa shape index (κ3) is 3.89. The minimum atomic E-state index is -5.19. The zero-order valence-electron chi connectivity index (χ0n) is 15.8. The molecule has 4 aromatic rings. The summed E-state index contributed by atoms with van der Waals surface area (Å²) >= 11 is 11.9. The van der Waals surface area contributed by atoms with E-state index in [1.165, 1.54) is 18.5 Å². The molecule has 4 rings (SSSR count). The molecule has 0 fully saturated rings. The summed E-state index contributed by atoms with van der Waals surface area (Å²) in [5, 5.41) is 10.4. The van der Waals surface area contributed by atoms with Gasteiger partial charge in [-0.1, -0.05) is 23.2 Å². The molecule has 0 radical (unpaired) electrons. The highest BCUT2D eigenvalue weighted by Gasteiger charge is 2.43. The number of rotatable bonds is 4. The molecule has 0 saturated carbocycles. The molecule has 1 amide bonds. The Morgan fingerprint density at radius 1 is 1.09 bits per heavy atom. The molecule has 0 aliphatic rings. The van der Waals surface area contributed by atoms with E-state index in [1.54, 1.807) is 0 Å². The Balaban J connectivity index is 2.00. The summed E-state index contributed by atoms with van der Waals surface area (Å²) in [6, 6.07) is 2.50. The van der Waals surface area contributed by atoms with Gasteiger partial charge in [0.25, 0.3) is 5.91 Å². The van der Waals surface area contributed by atoms with Crippen LogP contribution in [-0.4, -0.2) is 35.7 Å². The molecule has 3 aromatic heterocycles. The van der Waals surface area contributed by atoms with Crippen molar-refractivity contribution < 1.29 is 26.7 Å². The Hall–Kier alpha value is -3.58. The van der Waals surface area contributed by atoms with Gasteiger partial charge < -0.3 is 5.73 Å². The van der Waals surface area contributed by atoms with E-state index in [0.717, 1.165) is 17.1 Å². The van der Waals surface area contributed by atoms with Gasteiger partial charge in [-0.3, -0.25) is 4.79 Å². The lowest BCUT2D eigenvalue weighted by Crippen LogP contribution is -2.21. The van der Waals surface area contributed by atoms with Gasteiger partial charge in [-0.05, 0) is 18.2 Å². The molecule has 0 aliphatic heterocycles. The molecular formula is C18H8Cl2F5N7O. The lowest BCUT2D eigenvalue weighted by atomic mass is 10.1. The van der Waals surface area contributed by atoms with Crippen LogP contribution in [0.4, 0.5) is 22.0 Å². The zero-order chi connectivity index (χ0) is 24.1. The van der Waals surface area contributed by atoms with Crippen LogP contribution >= 0.6 is 23.2 Å². The molecule has 33 heavy (non-hydrogen) atoms. The number of alkyl halides is 3. The largest absolute Gasteiger partial charge is 0.434 e. The number of nitrogens with zero attached hydrogens (tertiary/aromatic N) is 6. The predicted octanol–water partition coefficient (Wildman–Crippen LogP) is 4.22. The molecule has 15 heteroatoms. The first kappa shape index (κ1) is 22.6. The lowest BCUT2D eigenvalue weighted by molar-refractivity contribution is -0.143. The average molecular weight is 504 g/mol. The maximum Gasteiger partial charge on any atom is 0.434 e. The Morgan fingerprint density at radius 3 is 2.33 bits per heavy atom. The molecule has 170 valence electrons. The van der Waals surface area contributed by atoms with Gasteiger partial charge in [0, 0.05) is 11.8 Å². The van der Waals surface area contributed by atoms with Gasteiger partial charge in [0.05, 0.1) is 28.7 Å². The summed E-state index contributed by atoms with van der Waals surface area (Å²) in [6.07, 6.45) is -1.43. The first-order valence-electron chi connectivity index (χ1n) is 8.67. The van der Waals surface area contributed by atoms with Crippen molar-refractivity contribution in [2.75, 3.05) is 0 Å². The van der Waals surface area contributed by atoms with Crippen LogP contribution in [0, 0.1) is 11.6 Å². The molecule has 2 N–H and O–H groups in total. The van der Waals surface area contributed by atoms with Gasteiger partial charge in [-0.2, -0.15) is 28.5 Å². The summed E-state index contributed by atoms with van der Waals surface area (Å²) in [5.74, 6) is -4.43. The van der Waals surface area contributed by atoms with E-state index < -0.39 is 51.4 Å². The summed E-state index contributed by atoms with van der Waals surface area (Å²) < 4.78 is 69.5. The SMILES string of the molecule is NC(=O)c1c(-c2cnc(-n3nccn3)c(Cl)c2)nn(-c2ccc(F)c(F)c2Cl)c1C(F)(F)F. The third-order valence-electron chi connectivity index (χ3n) is 4.35. The van der Waals surface area contributed by atoms with Crippen LogP contribution in [0.25, 0.3) is 22.8 Å². The van der Waals surface area contributed by atoms with Crippen LogP contribution in [0.5, 0.6) is 0 Å². The van der Waals surface area contributed by atoms with Crippen molar-refractivity contribution in [3.63, 3.8) is 0 Å². The average Bonchev–Trinajstić information content (AvgIpc) is 3.40. The number of benzene rings is 1. The lowest BCUT2D eigenvalue weighted by Gasteiger charge is -2.13. The maximum absolute atomic E-state index is 14.0. The Labute approximate surface area is 190 Å². The first-order chi connectivity index (χ1) is 15.5. The van der Waals surface area contributed by atoms with E-state index in [9.17, 15) is 26.7 Å². The van der Waals surface area contributed by atoms with E-state index in [1.807, 2.05) is 0 Å². The smallest absolute Gasteiger partial charge is 0.365 e. The molecule has 0 bridgehead atoms. The number of hydrogen-bond acceptors (Lipinski definition) is 5. The fourth-order valence-electron chi connectivity index (χ4n) is 3.00. The van der Waals surface area contributed by atoms with Crippen LogP contribution in [0.2, 0.25) is 10.0 Å². The quantitative estimate of drug-likeness (QED) is 0.331. The standard InChI is InChI=1S/C18H8Cl2F5N7O/c19-8-5-7(6-27-17(8)32-28-3-4-29-32)14-11(16(26)33)15(18(23,24)25)31(30-14)10-2-1-9(21)13(22)12(10)20/h1-6H,(H2,26,33). The van der Waals surface area contributed by atoms with Crippen molar-refractivity contribution in [2.45, 2.75) is 6.18 Å². The predicted molar refractivity (Wildman–Crippen MR) is 105 cm³/mol. The van der Waals surface area contributed by atoms with Crippen molar-refractivity contribution in [3.05, 3.63) is 69.7 Å². The number of aromatic nitrogens is 6. The molecule has 0 atom stereocenters. The molecule has 1 aromatic carbocycles. The molecule has 8 nitrogen and oxygen atoms in total. The van der Waals surface area contributed by atoms with Gasteiger partial charge in [0.2, 0.25) is 0 Å². The normalized spacial score (nSPS) is 11.7. The van der Waals surface area contributed by atoms with Crippen LogP contribution in [0.15, 0.2) is 36.8 Å². The topological polar surface area (TPSA) is 105 Å². The maximum atomic E-state index is 14.0. The fourth-order valence-corrected chi connectivity index (χ4v) is 3.48. The van der Waals surface area contributed by atoms with Crippen molar-refractivity contribution in [1.29, 1.82) is 0 Å². The molecule has 0 unspecified atom stereocenters. The number of nitrogens with two attached hydrogens (primary N) is 1. The number of primary amides is 1. The zero-order valence-corrected chi connectivity index (χ0v) is 17.3. The summed E-state index contributed by atoms with van der Waals surface area (Å²) in [6.45, 7) is 0. The fraction of sp³-hybridized carbons (Fsp3) is 0.0556. The van der Waals surface area contributed by atoms with Crippen LogP contribution < -0.4 is 5.73 Å². The second-order valence-electron chi connectivity index (χ2n) is 6.39. The molecule has 3 heterocycles. The van der Waals surface area contributed by atoms with Crippen molar-refractivity contribution in [3.8, 4) is 22.8 Å². The Morgan fingerprint density at radius 2 is 1.76 bits per heavy atom. The van der Waals surface area contributed by atoms with Crippen LogP contribution in [-0.2, 0) is 6.18 Å². The van der Waals surface area contributed by atoms with Crippen molar-refractivity contribution >= 4 is 29.1 Å². The second-order valence-corrected chi connectivity index (χ2v) is 7.17. The van der Waals surface area contributed by atoms with Gasteiger partial charge in [-0.25, -0.2) is 18.4 Å². The van der Waals surface area contributed by atoms with E-state index in [0.29, 0.717) is 6.07 Å². The number of halogens is 7. The molecule has 0 saturated heterocycles. The number of amides is 1. The number of pyridine rings is 1. The minimum Gasteiger partial charge on any atom is -0.365 e. The van der Waals surface area contributed by atoms with Crippen LogP contribution in [0.1, 0.15) is 16.1 Å². The van der Waals surface area contributed by atoms with Gasteiger partial charge in [0.1, 0.15) is 10.7 Å². The molecular weight excluding hydrogens is 496 g/mol. The summed E-state index contributed by atoms with van der Waals surface area (Å²) in [7, 11) is 0. The Bertz CT molecular complexity index is 1390. The van der Waals surface area contributed by atoms with E-state index in [4.69, 9.17) is 28.9 Å². The van der Waals surface area contributed by atoms with E-state index >= 15 is 0 Å².